The smallest absolute Gasteiger partial charge is 0.183 e. The van der Waals surface area contributed by atoms with E-state index in [1.165, 1.54) is 0 Å². The van der Waals surface area contributed by atoms with Gasteiger partial charge in [0.15, 0.2) is 11.5 Å². The first kappa shape index (κ1) is 16.0. The molecule has 0 amide bonds. The van der Waals surface area contributed by atoms with Gasteiger partial charge in [0, 0.05) is 17.1 Å². The van der Waals surface area contributed by atoms with Gasteiger partial charge in [-0.3, -0.25) is 0 Å². The Morgan fingerprint density at radius 3 is 2.19 bits per heavy atom. The first-order valence-corrected chi connectivity index (χ1v) is 7.53. The minimum Gasteiger partial charge on any atom is -0.493 e. The number of nitrogens with one attached hydrogen (secondary N) is 2. The monoisotopic (exact) mass is 292 g/mol. The highest BCUT2D eigenvalue weighted by atomic mass is 16.5. The van der Waals surface area contributed by atoms with Gasteiger partial charge in [0.25, 0.3) is 0 Å². The summed E-state index contributed by atoms with van der Waals surface area (Å²) in [6.07, 6.45) is 2.13. The molecule has 0 saturated carbocycles. The van der Waals surface area contributed by atoms with Crippen LogP contribution in [0.1, 0.15) is 40.5 Å². The van der Waals surface area contributed by atoms with Gasteiger partial charge in [0.05, 0.1) is 19.9 Å². The summed E-state index contributed by atoms with van der Waals surface area (Å²) in [4.78, 5) is 0. The molecule has 2 rings (SSSR count). The minimum absolute atomic E-state index is 0.117. The van der Waals surface area contributed by atoms with Crippen molar-refractivity contribution >= 4 is 5.69 Å². The number of methoxy groups -OCH3 is 2. The maximum Gasteiger partial charge on any atom is 0.183 e. The molecule has 1 heterocycles. The molecule has 0 spiro atoms. The van der Waals surface area contributed by atoms with Crippen LogP contribution in [0, 0.1) is 0 Å². The lowest BCUT2D eigenvalue weighted by Crippen LogP contribution is -2.60. The zero-order chi connectivity index (χ0) is 15.7. The molecule has 0 unspecified atom stereocenters. The van der Waals surface area contributed by atoms with E-state index in [9.17, 15) is 0 Å². The topological polar surface area (TPSA) is 42.5 Å². The SMILES string of the molecule is COc1cccc(NC2CC(C)(C)NC(C)(C)C2)c1OC. The van der Waals surface area contributed by atoms with E-state index < -0.39 is 0 Å². The number of hydrogen-bond acceptors (Lipinski definition) is 4. The van der Waals surface area contributed by atoms with E-state index in [1.807, 2.05) is 18.2 Å². The van der Waals surface area contributed by atoms with Crippen LogP contribution in [-0.4, -0.2) is 31.3 Å². The zero-order valence-corrected chi connectivity index (χ0v) is 14.0. The van der Waals surface area contributed by atoms with Crippen molar-refractivity contribution in [3.63, 3.8) is 0 Å². The van der Waals surface area contributed by atoms with Crippen LogP contribution in [0.15, 0.2) is 18.2 Å². The van der Waals surface area contributed by atoms with Crippen LogP contribution < -0.4 is 20.1 Å². The predicted molar refractivity (Wildman–Crippen MR) is 87.5 cm³/mol. The predicted octanol–water partition coefficient (Wildman–Crippen LogP) is 3.42. The number of benzene rings is 1. The second-order valence-electron chi connectivity index (χ2n) is 7.18. The lowest BCUT2D eigenvalue weighted by Gasteiger charge is -2.47. The third-order valence-electron chi connectivity index (χ3n) is 3.95. The van der Waals surface area contributed by atoms with Gasteiger partial charge in [0.2, 0.25) is 0 Å². The fraction of sp³-hybridized carbons (Fsp3) is 0.647. The van der Waals surface area contributed by atoms with Gasteiger partial charge in [-0.15, -0.1) is 0 Å². The highest BCUT2D eigenvalue weighted by Crippen LogP contribution is 2.37. The second-order valence-corrected chi connectivity index (χ2v) is 7.18. The van der Waals surface area contributed by atoms with Crippen molar-refractivity contribution in [3.8, 4) is 11.5 Å². The molecule has 0 aromatic heterocycles. The summed E-state index contributed by atoms with van der Waals surface area (Å²) in [5.74, 6) is 1.53. The summed E-state index contributed by atoms with van der Waals surface area (Å²) in [5.41, 5.74) is 1.23. The Kier molecular flexibility index (Phi) is 4.38. The molecule has 1 aromatic rings. The molecule has 4 nitrogen and oxygen atoms in total. The van der Waals surface area contributed by atoms with E-state index in [-0.39, 0.29) is 11.1 Å². The van der Waals surface area contributed by atoms with E-state index in [1.54, 1.807) is 14.2 Å². The van der Waals surface area contributed by atoms with Crippen LogP contribution in [-0.2, 0) is 0 Å². The number of ether oxygens (including phenoxy) is 2. The van der Waals surface area contributed by atoms with Crippen molar-refractivity contribution in [2.24, 2.45) is 0 Å². The Hall–Kier alpha value is -1.42. The lowest BCUT2D eigenvalue weighted by molar-refractivity contribution is 0.170. The van der Waals surface area contributed by atoms with Crippen LogP contribution in [0.3, 0.4) is 0 Å². The fourth-order valence-corrected chi connectivity index (χ4v) is 3.65. The molecular weight excluding hydrogens is 264 g/mol. The van der Waals surface area contributed by atoms with Gasteiger partial charge in [-0.1, -0.05) is 6.07 Å². The molecule has 118 valence electrons. The van der Waals surface area contributed by atoms with Crippen LogP contribution in [0.2, 0.25) is 0 Å². The van der Waals surface area contributed by atoms with Crippen LogP contribution in [0.25, 0.3) is 0 Å². The number of rotatable bonds is 4. The van der Waals surface area contributed by atoms with E-state index in [0.717, 1.165) is 30.0 Å². The Bertz CT molecular complexity index is 482. The molecule has 1 aliphatic heterocycles. The van der Waals surface area contributed by atoms with Gasteiger partial charge in [-0.25, -0.2) is 0 Å². The van der Waals surface area contributed by atoms with E-state index in [4.69, 9.17) is 9.47 Å². The molecule has 0 atom stereocenters. The third-order valence-corrected chi connectivity index (χ3v) is 3.95. The lowest BCUT2D eigenvalue weighted by atomic mass is 9.79. The van der Waals surface area contributed by atoms with E-state index >= 15 is 0 Å². The Labute approximate surface area is 128 Å². The first-order chi connectivity index (χ1) is 9.76. The van der Waals surface area contributed by atoms with Gasteiger partial charge in [0.1, 0.15) is 0 Å². The zero-order valence-electron chi connectivity index (χ0n) is 14.0. The molecule has 1 fully saturated rings. The molecule has 1 saturated heterocycles. The fourth-order valence-electron chi connectivity index (χ4n) is 3.65. The van der Waals surface area contributed by atoms with Crippen LogP contribution in [0.4, 0.5) is 5.69 Å². The standard InChI is InChI=1S/C17H28N2O2/c1-16(2)10-12(11-17(3,4)19-16)18-13-8-7-9-14(20-5)15(13)21-6/h7-9,12,18-19H,10-11H2,1-6H3. The number of piperidine rings is 1. The van der Waals surface area contributed by atoms with Gasteiger partial charge in [-0.05, 0) is 52.7 Å². The van der Waals surface area contributed by atoms with Crippen molar-refractivity contribution in [2.45, 2.75) is 57.7 Å². The first-order valence-electron chi connectivity index (χ1n) is 7.53. The molecule has 0 radical (unpaired) electrons. The van der Waals surface area contributed by atoms with Gasteiger partial charge in [-0.2, -0.15) is 0 Å². The van der Waals surface area contributed by atoms with Crippen molar-refractivity contribution < 1.29 is 9.47 Å². The molecule has 1 aromatic carbocycles. The molecule has 2 N–H and O–H groups in total. The summed E-state index contributed by atoms with van der Waals surface area (Å²) in [6, 6.07) is 6.35. The maximum absolute atomic E-state index is 5.51. The quantitative estimate of drug-likeness (QED) is 0.892. The highest BCUT2D eigenvalue weighted by Gasteiger charge is 2.37. The minimum atomic E-state index is 0.117. The normalized spacial score (nSPS) is 20.9. The Morgan fingerprint density at radius 2 is 1.67 bits per heavy atom. The van der Waals surface area contributed by atoms with Crippen LogP contribution >= 0.6 is 0 Å². The van der Waals surface area contributed by atoms with Crippen molar-refractivity contribution in [2.75, 3.05) is 19.5 Å². The Balaban J connectivity index is 2.22. The van der Waals surface area contributed by atoms with Gasteiger partial charge < -0.3 is 20.1 Å². The van der Waals surface area contributed by atoms with Crippen molar-refractivity contribution in [3.05, 3.63) is 18.2 Å². The third kappa shape index (κ3) is 3.82. The van der Waals surface area contributed by atoms with Crippen molar-refractivity contribution in [1.82, 2.24) is 5.32 Å². The maximum atomic E-state index is 5.51. The van der Waals surface area contributed by atoms with Crippen molar-refractivity contribution in [1.29, 1.82) is 0 Å². The summed E-state index contributed by atoms with van der Waals surface area (Å²) in [7, 11) is 3.34. The molecule has 4 heteroatoms. The molecule has 0 aliphatic carbocycles. The highest BCUT2D eigenvalue weighted by molar-refractivity contribution is 5.63. The molecule has 1 aliphatic rings. The van der Waals surface area contributed by atoms with Crippen LogP contribution in [0.5, 0.6) is 11.5 Å². The average Bonchev–Trinajstić information content (AvgIpc) is 2.34. The number of hydrogen-bond donors (Lipinski definition) is 2. The second kappa shape index (κ2) is 5.76. The van der Waals surface area contributed by atoms with E-state index in [0.29, 0.717) is 6.04 Å². The largest absolute Gasteiger partial charge is 0.493 e. The molecule has 21 heavy (non-hydrogen) atoms. The summed E-state index contributed by atoms with van der Waals surface area (Å²) in [5, 5.41) is 7.34. The van der Waals surface area contributed by atoms with E-state index in [2.05, 4.69) is 38.3 Å². The number of anilines is 1. The summed E-state index contributed by atoms with van der Waals surface area (Å²) in [6.45, 7) is 9.02. The number of para-hydroxylation sites is 1. The average molecular weight is 292 g/mol. The molecular formula is C17H28N2O2. The summed E-state index contributed by atoms with van der Waals surface area (Å²) >= 11 is 0. The Morgan fingerprint density at radius 1 is 1.05 bits per heavy atom. The van der Waals surface area contributed by atoms with Gasteiger partial charge >= 0.3 is 0 Å². The summed E-state index contributed by atoms with van der Waals surface area (Å²) < 4.78 is 10.9. The molecule has 0 bridgehead atoms.